The van der Waals surface area contributed by atoms with E-state index in [1.807, 2.05) is 12.3 Å². The van der Waals surface area contributed by atoms with E-state index in [-0.39, 0.29) is 0 Å². The number of nitrogens with zero attached hydrogens (tertiary/aromatic N) is 2. The molecule has 21 heavy (non-hydrogen) atoms. The Kier molecular flexibility index (Phi) is 2.79. The average molecular weight is 283 g/mol. The zero-order valence-corrected chi connectivity index (χ0v) is 12.6. The minimum Gasteiger partial charge on any atom is -0.357 e. The van der Waals surface area contributed by atoms with Crippen molar-refractivity contribution in [3.63, 3.8) is 0 Å². The van der Waals surface area contributed by atoms with Gasteiger partial charge in [-0.15, -0.1) is 0 Å². The van der Waals surface area contributed by atoms with E-state index >= 15 is 0 Å². The number of hydrogen-bond donors (Lipinski definition) is 1. The van der Waals surface area contributed by atoms with E-state index in [9.17, 15) is 0 Å². The molecule has 3 nitrogen and oxygen atoms in total. The first-order chi connectivity index (χ1) is 10.4. The van der Waals surface area contributed by atoms with Gasteiger partial charge in [0.2, 0.25) is 0 Å². The van der Waals surface area contributed by atoms with E-state index in [0.717, 1.165) is 54.7 Å². The van der Waals surface area contributed by atoms with Crippen LogP contribution in [0.4, 0.5) is 5.82 Å². The number of piperidine rings is 1. The first-order valence-corrected chi connectivity index (χ1v) is 8.82. The van der Waals surface area contributed by atoms with Crippen molar-refractivity contribution in [3.8, 4) is 0 Å². The Hall–Kier alpha value is -1.09. The van der Waals surface area contributed by atoms with Gasteiger partial charge in [0.1, 0.15) is 5.82 Å². The molecule has 5 rings (SSSR count). The zero-order valence-electron chi connectivity index (χ0n) is 12.6. The van der Waals surface area contributed by atoms with Crippen LogP contribution in [0.25, 0.3) is 0 Å². The van der Waals surface area contributed by atoms with Crippen molar-refractivity contribution in [1.29, 1.82) is 0 Å². The number of rotatable bonds is 3. The van der Waals surface area contributed by atoms with Crippen molar-refractivity contribution in [3.05, 3.63) is 24.4 Å². The van der Waals surface area contributed by atoms with Crippen LogP contribution < -0.4 is 10.2 Å². The Labute approximate surface area is 127 Å². The fourth-order valence-electron chi connectivity index (χ4n) is 5.64. The van der Waals surface area contributed by atoms with E-state index < -0.39 is 0 Å². The Morgan fingerprint density at radius 3 is 2.43 bits per heavy atom. The summed E-state index contributed by atoms with van der Waals surface area (Å²) in [6, 6.07) is 7.87. The predicted octanol–water partition coefficient (Wildman–Crippen LogP) is 2.68. The van der Waals surface area contributed by atoms with Gasteiger partial charge < -0.3 is 10.2 Å². The van der Waals surface area contributed by atoms with E-state index in [1.165, 1.54) is 25.7 Å². The van der Waals surface area contributed by atoms with Gasteiger partial charge in [-0.25, -0.2) is 4.98 Å². The van der Waals surface area contributed by atoms with Crippen LogP contribution >= 0.6 is 0 Å². The van der Waals surface area contributed by atoms with Gasteiger partial charge in [0.25, 0.3) is 0 Å². The summed E-state index contributed by atoms with van der Waals surface area (Å²) < 4.78 is 0. The molecule has 2 bridgehead atoms. The lowest BCUT2D eigenvalue weighted by atomic mass is 10.0. The van der Waals surface area contributed by atoms with E-state index in [1.54, 1.807) is 6.42 Å². The Bertz CT molecular complexity index is 492. The lowest BCUT2D eigenvalue weighted by Crippen LogP contribution is -2.44. The van der Waals surface area contributed by atoms with E-state index in [4.69, 9.17) is 0 Å². The highest BCUT2D eigenvalue weighted by molar-refractivity contribution is 5.38. The first kappa shape index (κ1) is 12.5. The van der Waals surface area contributed by atoms with Gasteiger partial charge in [-0.1, -0.05) is 6.07 Å². The number of aromatic nitrogens is 1. The van der Waals surface area contributed by atoms with Crippen LogP contribution in [0.3, 0.4) is 0 Å². The monoisotopic (exact) mass is 283 g/mol. The third-order valence-corrected chi connectivity index (χ3v) is 6.63. The van der Waals surface area contributed by atoms with E-state index in [2.05, 4.69) is 27.3 Å². The molecule has 4 atom stereocenters. The molecule has 1 aromatic heterocycles. The molecular weight excluding hydrogens is 258 g/mol. The van der Waals surface area contributed by atoms with Crippen molar-refractivity contribution in [2.45, 2.75) is 44.2 Å². The van der Waals surface area contributed by atoms with Gasteiger partial charge in [-0.2, -0.15) is 0 Å². The van der Waals surface area contributed by atoms with Gasteiger partial charge in [0.05, 0.1) is 0 Å². The molecule has 0 amide bonds. The number of nitrogens with one attached hydrogen (secondary N) is 1. The third-order valence-electron chi connectivity index (χ3n) is 6.63. The highest BCUT2D eigenvalue weighted by Gasteiger charge is 2.64. The minimum atomic E-state index is 0.750. The highest BCUT2D eigenvalue weighted by Crippen LogP contribution is 2.65. The van der Waals surface area contributed by atoms with Crippen LogP contribution in [0.5, 0.6) is 0 Å². The largest absolute Gasteiger partial charge is 0.357 e. The van der Waals surface area contributed by atoms with Crippen molar-refractivity contribution >= 4 is 5.82 Å². The zero-order chi connectivity index (χ0) is 13.8. The number of fused-ring (bicyclic) bond motifs is 5. The maximum atomic E-state index is 4.48. The van der Waals surface area contributed by atoms with Crippen LogP contribution in [0.15, 0.2) is 24.4 Å². The number of hydrogen-bond acceptors (Lipinski definition) is 3. The second-order valence-corrected chi connectivity index (χ2v) is 7.63. The summed E-state index contributed by atoms with van der Waals surface area (Å²) >= 11 is 0. The Balaban J connectivity index is 1.16. The van der Waals surface area contributed by atoms with Crippen LogP contribution in [0.1, 0.15) is 32.1 Å². The molecule has 1 aliphatic heterocycles. The molecule has 3 saturated carbocycles. The van der Waals surface area contributed by atoms with Crippen LogP contribution in [-0.2, 0) is 0 Å². The number of pyridine rings is 1. The standard InChI is InChI=1S/C18H25N3/c1-2-8-19-15(3-1)21-9-6-14(7-10-21)20-18-16-12-4-5-13(11-12)17(16)18/h1-3,8,12-14,16-18,20H,4-7,9-11H2. The van der Waals surface area contributed by atoms with Crippen molar-refractivity contribution < 1.29 is 0 Å². The van der Waals surface area contributed by atoms with Crippen molar-refractivity contribution in [2.24, 2.45) is 23.7 Å². The van der Waals surface area contributed by atoms with Gasteiger partial charge >= 0.3 is 0 Å². The molecule has 4 fully saturated rings. The molecule has 2 heterocycles. The molecule has 3 aliphatic carbocycles. The van der Waals surface area contributed by atoms with Gasteiger partial charge in [0, 0.05) is 31.4 Å². The van der Waals surface area contributed by atoms with Crippen molar-refractivity contribution in [1.82, 2.24) is 10.3 Å². The second kappa shape index (κ2) is 4.70. The SMILES string of the molecule is c1ccc(N2CCC(NC3C4C5CCC(C5)C34)CC2)nc1. The maximum absolute atomic E-state index is 4.48. The van der Waals surface area contributed by atoms with Gasteiger partial charge in [-0.05, 0) is 67.9 Å². The lowest BCUT2D eigenvalue weighted by molar-refractivity contribution is 0.368. The maximum Gasteiger partial charge on any atom is 0.128 e. The smallest absolute Gasteiger partial charge is 0.128 e. The molecule has 1 aromatic rings. The Morgan fingerprint density at radius 1 is 1.00 bits per heavy atom. The molecule has 1 saturated heterocycles. The van der Waals surface area contributed by atoms with E-state index in [0.29, 0.717) is 0 Å². The summed E-state index contributed by atoms with van der Waals surface area (Å²) in [6.45, 7) is 2.31. The van der Waals surface area contributed by atoms with Crippen LogP contribution in [0.2, 0.25) is 0 Å². The molecule has 0 spiro atoms. The molecule has 4 unspecified atom stereocenters. The summed E-state index contributed by atoms with van der Waals surface area (Å²) in [5, 5.41) is 4.02. The Morgan fingerprint density at radius 2 is 1.76 bits per heavy atom. The normalized spacial score (nSPS) is 41.3. The fourth-order valence-corrected chi connectivity index (χ4v) is 5.64. The molecule has 0 aromatic carbocycles. The molecule has 0 radical (unpaired) electrons. The fraction of sp³-hybridized carbons (Fsp3) is 0.722. The number of anilines is 1. The summed E-state index contributed by atoms with van der Waals surface area (Å²) in [7, 11) is 0. The average Bonchev–Trinajstić information content (AvgIpc) is 2.93. The molecule has 3 heteroatoms. The third kappa shape index (κ3) is 2.01. The molecule has 112 valence electrons. The van der Waals surface area contributed by atoms with Gasteiger partial charge in [0.15, 0.2) is 0 Å². The second-order valence-electron chi connectivity index (χ2n) is 7.63. The highest BCUT2D eigenvalue weighted by atomic mass is 15.2. The summed E-state index contributed by atoms with van der Waals surface area (Å²) in [5.41, 5.74) is 0. The molecule has 1 N–H and O–H groups in total. The first-order valence-electron chi connectivity index (χ1n) is 8.82. The van der Waals surface area contributed by atoms with Crippen LogP contribution in [-0.4, -0.2) is 30.2 Å². The molecule has 4 aliphatic rings. The predicted molar refractivity (Wildman–Crippen MR) is 84.2 cm³/mol. The summed E-state index contributed by atoms with van der Waals surface area (Å²) in [6.07, 6.45) is 9.08. The van der Waals surface area contributed by atoms with Gasteiger partial charge in [-0.3, -0.25) is 0 Å². The summed E-state index contributed by atoms with van der Waals surface area (Å²) in [4.78, 5) is 6.92. The minimum absolute atomic E-state index is 0.750. The quantitative estimate of drug-likeness (QED) is 0.924. The summed E-state index contributed by atoms with van der Waals surface area (Å²) in [5.74, 6) is 5.46. The lowest BCUT2D eigenvalue weighted by Gasteiger charge is -2.33. The topological polar surface area (TPSA) is 28.2 Å². The molecular formula is C18H25N3. The van der Waals surface area contributed by atoms with Crippen molar-refractivity contribution in [2.75, 3.05) is 18.0 Å². The van der Waals surface area contributed by atoms with Crippen LogP contribution in [0, 0.1) is 23.7 Å².